The molecule has 1 heterocycles. The highest BCUT2D eigenvalue weighted by Crippen LogP contribution is 2.31. The van der Waals surface area contributed by atoms with Gasteiger partial charge >= 0.3 is 0 Å². The van der Waals surface area contributed by atoms with Gasteiger partial charge in [0.25, 0.3) is 0 Å². The molecule has 1 aliphatic heterocycles. The van der Waals surface area contributed by atoms with Crippen LogP contribution in [0.5, 0.6) is 0 Å². The van der Waals surface area contributed by atoms with Crippen LogP contribution in [0.1, 0.15) is 98.3 Å². The minimum atomic E-state index is -0.674. The first-order valence-corrected chi connectivity index (χ1v) is 12.1. The Hall–Kier alpha value is -0.240. The number of ether oxygens (including phenoxy) is 3. The summed E-state index contributed by atoms with van der Waals surface area (Å²) < 4.78 is 17.4. The third-order valence-corrected chi connectivity index (χ3v) is 6.31. The Morgan fingerprint density at radius 2 is 1.43 bits per heavy atom. The summed E-state index contributed by atoms with van der Waals surface area (Å²) in [4.78, 5) is 0. The molecule has 0 spiro atoms. The van der Waals surface area contributed by atoms with E-state index in [0.29, 0.717) is 6.61 Å². The van der Waals surface area contributed by atoms with Crippen molar-refractivity contribution in [2.45, 2.75) is 122 Å². The Morgan fingerprint density at radius 3 is 2.00 bits per heavy atom. The Labute approximate surface area is 184 Å². The van der Waals surface area contributed by atoms with Crippen molar-refractivity contribution < 1.29 is 29.5 Å². The van der Waals surface area contributed by atoms with Crippen LogP contribution in [0.4, 0.5) is 0 Å². The molecule has 3 N–H and O–H groups in total. The molecule has 1 fully saturated rings. The predicted octanol–water partition coefficient (Wildman–Crippen LogP) is 4.19. The average molecular weight is 433 g/mol. The van der Waals surface area contributed by atoms with E-state index >= 15 is 0 Å². The quantitative estimate of drug-likeness (QED) is 0.282. The topological polar surface area (TPSA) is 88.4 Å². The van der Waals surface area contributed by atoms with Gasteiger partial charge in [-0.05, 0) is 40.0 Å². The molecule has 0 amide bonds. The molecule has 3 atom stereocenters. The maximum Gasteiger partial charge on any atom is 0.163 e. The van der Waals surface area contributed by atoms with Crippen molar-refractivity contribution in [1.82, 2.24) is 0 Å². The maximum atomic E-state index is 9.86. The molecule has 0 aromatic carbocycles. The molecule has 0 radical (unpaired) electrons. The fourth-order valence-corrected chi connectivity index (χ4v) is 4.25. The summed E-state index contributed by atoms with van der Waals surface area (Å²) in [7, 11) is 0. The lowest BCUT2D eigenvalue weighted by molar-refractivity contribution is -0.154. The van der Waals surface area contributed by atoms with Crippen LogP contribution in [0.3, 0.4) is 0 Å². The molecule has 6 nitrogen and oxygen atoms in total. The lowest BCUT2D eigenvalue weighted by Gasteiger charge is -2.30. The molecule has 0 bridgehead atoms. The van der Waals surface area contributed by atoms with E-state index in [-0.39, 0.29) is 43.5 Å². The second-order valence-corrected chi connectivity index (χ2v) is 9.62. The Morgan fingerprint density at radius 1 is 0.867 bits per heavy atom. The van der Waals surface area contributed by atoms with E-state index in [2.05, 4.69) is 13.8 Å². The molecule has 30 heavy (non-hydrogen) atoms. The first-order valence-electron chi connectivity index (χ1n) is 12.1. The Bertz CT molecular complexity index is 424. The number of aliphatic hydroxyl groups excluding tert-OH is 3. The fraction of sp³-hybridized carbons (Fsp3) is 1.00. The van der Waals surface area contributed by atoms with E-state index in [1.165, 1.54) is 25.7 Å². The van der Waals surface area contributed by atoms with Gasteiger partial charge in [0.1, 0.15) is 12.2 Å². The highest BCUT2D eigenvalue weighted by molar-refractivity contribution is 4.81. The Balaban J connectivity index is 2.20. The summed E-state index contributed by atoms with van der Waals surface area (Å²) in [6.07, 6.45) is 11.5. The van der Waals surface area contributed by atoms with Crippen LogP contribution in [0, 0.1) is 5.41 Å². The number of rotatable bonds is 18. The molecule has 0 aromatic rings. The first-order chi connectivity index (χ1) is 14.3. The van der Waals surface area contributed by atoms with Crippen LogP contribution in [0.15, 0.2) is 0 Å². The second kappa shape index (κ2) is 14.8. The van der Waals surface area contributed by atoms with Crippen molar-refractivity contribution in [3.8, 4) is 0 Å². The highest BCUT2D eigenvalue weighted by Gasteiger charge is 2.41. The molecule has 3 unspecified atom stereocenters. The van der Waals surface area contributed by atoms with Gasteiger partial charge in [-0.25, -0.2) is 0 Å². The number of unbranched alkanes of at least 4 members (excludes halogenated alkanes) is 6. The highest BCUT2D eigenvalue weighted by atomic mass is 16.8. The molecule has 6 heteroatoms. The van der Waals surface area contributed by atoms with Gasteiger partial charge in [0.05, 0.1) is 32.5 Å². The largest absolute Gasteiger partial charge is 0.396 e. The molecule has 0 saturated carbocycles. The summed E-state index contributed by atoms with van der Waals surface area (Å²) in [5.41, 5.74) is -0.319. The van der Waals surface area contributed by atoms with Gasteiger partial charge in [-0.3, -0.25) is 0 Å². The second-order valence-electron chi connectivity index (χ2n) is 9.62. The van der Waals surface area contributed by atoms with Gasteiger partial charge in [0.15, 0.2) is 5.79 Å². The van der Waals surface area contributed by atoms with Gasteiger partial charge < -0.3 is 29.5 Å². The predicted molar refractivity (Wildman–Crippen MR) is 119 cm³/mol. The number of hydrogen-bond acceptors (Lipinski definition) is 6. The van der Waals surface area contributed by atoms with E-state index in [9.17, 15) is 15.3 Å². The van der Waals surface area contributed by atoms with Crippen molar-refractivity contribution in [3.63, 3.8) is 0 Å². The van der Waals surface area contributed by atoms with Crippen LogP contribution < -0.4 is 0 Å². The van der Waals surface area contributed by atoms with Crippen LogP contribution >= 0.6 is 0 Å². The first kappa shape index (κ1) is 27.8. The van der Waals surface area contributed by atoms with E-state index < -0.39 is 5.79 Å². The summed E-state index contributed by atoms with van der Waals surface area (Å²) in [6, 6.07) is 0. The van der Waals surface area contributed by atoms with E-state index in [1.54, 1.807) is 0 Å². The monoisotopic (exact) mass is 432 g/mol. The summed E-state index contributed by atoms with van der Waals surface area (Å²) in [5.74, 6) is -0.674. The van der Waals surface area contributed by atoms with E-state index in [0.717, 1.165) is 44.9 Å². The van der Waals surface area contributed by atoms with Crippen LogP contribution in [-0.2, 0) is 14.2 Å². The van der Waals surface area contributed by atoms with Gasteiger partial charge in [-0.15, -0.1) is 0 Å². The number of aliphatic hydroxyl groups is 3. The van der Waals surface area contributed by atoms with E-state index in [4.69, 9.17) is 14.2 Å². The van der Waals surface area contributed by atoms with Crippen LogP contribution in [-0.4, -0.2) is 65.8 Å². The SMILES string of the molecule is CCCCCCCC(CO)(CO)CCCCCC(C)OCC1OC(C)(C)OC1CO. The molecule has 180 valence electrons. The standard InChI is InChI=1S/C24H48O6/c1-5-6-7-8-11-14-24(18-26,19-27)15-12-9-10-13-20(2)28-17-22-21(16-25)29-23(3,4)30-22/h20-22,25-27H,5-19H2,1-4H3. The van der Waals surface area contributed by atoms with Crippen molar-refractivity contribution >= 4 is 0 Å². The summed E-state index contributed by atoms with van der Waals surface area (Å²) in [6.45, 7) is 8.48. The molecular weight excluding hydrogens is 384 g/mol. The third kappa shape index (κ3) is 10.4. The fourth-order valence-electron chi connectivity index (χ4n) is 4.25. The smallest absolute Gasteiger partial charge is 0.163 e. The molecule has 1 rings (SSSR count). The van der Waals surface area contributed by atoms with Crippen LogP contribution in [0.2, 0.25) is 0 Å². The minimum Gasteiger partial charge on any atom is -0.396 e. The zero-order valence-electron chi connectivity index (χ0n) is 19.9. The normalized spacial score (nSPS) is 22.5. The van der Waals surface area contributed by atoms with Crippen molar-refractivity contribution in [1.29, 1.82) is 0 Å². The minimum absolute atomic E-state index is 0.0676. The molecule has 1 saturated heterocycles. The third-order valence-electron chi connectivity index (χ3n) is 6.31. The van der Waals surface area contributed by atoms with Gasteiger partial charge in [-0.2, -0.15) is 0 Å². The van der Waals surface area contributed by atoms with Gasteiger partial charge in [0, 0.05) is 5.41 Å². The molecule has 1 aliphatic rings. The molecule has 0 aliphatic carbocycles. The van der Waals surface area contributed by atoms with E-state index in [1.807, 2.05) is 13.8 Å². The van der Waals surface area contributed by atoms with Crippen molar-refractivity contribution in [2.24, 2.45) is 5.41 Å². The molecular formula is C24H48O6. The van der Waals surface area contributed by atoms with Gasteiger partial charge in [0.2, 0.25) is 0 Å². The summed E-state index contributed by atoms with van der Waals surface area (Å²) >= 11 is 0. The van der Waals surface area contributed by atoms with Crippen LogP contribution in [0.25, 0.3) is 0 Å². The van der Waals surface area contributed by atoms with Gasteiger partial charge in [-0.1, -0.05) is 58.3 Å². The summed E-state index contributed by atoms with van der Waals surface area (Å²) in [5, 5.41) is 29.1. The van der Waals surface area contributed by atoms with Crippen molar-refractivity contribution in [3.05, 3.63) is 0 Å². The zero-order valence-corrected chi connectivity index (χ0v) is 19.9. The zero-order chi connectivity index (χ0) is 22.5. The van der Waals surface area contributed by atoms with Crippen molar-refractivity contribution in [2.75, 3.05) is 26.4 Å². The average Bonchev–Trinajstić information content (AvgIpc) is 3.04. The maximum absolute atomic E-state index is 9.86. The lowest BCUT2D eigenvalue weighted by atomic mass is 9.79. The number of hydrogen-bond donors (Lipinski definition) is 3. The molecule has 0 aromatic heterocycles. The lowest BCUT2D eigenvalue weighted by Crippen LogP contribution is -2.32. The Kier molecular flexibility index (Phi) is 13.7.